The van der Waals surface area contributed by atoms with Crippen molar-refractivity contribution >= 4 is 38.7 Å². The highest BCUT2D eigenvalue weighted by molar-refractivity contribution is 7.22. The van der Waals surface area contributed by atoms with Gasteiger partial charge >= 0.3 is 0 Å². The summed E-state index contributed by atoms with van der Waals surface area (Å²) >= 11 is 1.50. The first-order chi connectivity index (χ1) is 14.1. The van der Waals surface area contributed by atoms with Crippen molar-refractivity contribution in [1.29, 1.82) is 0 Å². The quantitative estimate of drug-likeness (QED) is 0.609. The summed E-state index contributed by atoms with van der Waals surface area (Å²) in [7, 11) is 4.22. The fraction of sp³-hybridized carbons (Fsp3) is 0.273. The molecule has 3 aromatic rings. The monoisotopic (exact) mass is 410 g/mol. The van der Waals surface area contributed by atoms with Crippen LogP contribution in [0, 0.1) is 0 Å². The molecule has 4 rings (SSSR count). The highest BCUT2D eigenvalue weighted by Gasteiger charge is 2.21. The standard InChI is InChI=1S/C22H23N3O3S/c1-24(2)11-6-12-25(21(26)10-9-16-7-4-3-5-8-16)22-23-17-13-18-19(28-15-27-18)14-20(17)29-22/h3-5,7-10,13-14H,6,11-12,15H2,1-2H3/p+1/b10-9+. The molecule has 1 amide bonds. The van der Waals surface area contributed by atoms with Gasteiger partial charge in [-0.2, -0.15) is 0 Å². The van der Waals surface area contributed by atoms with Gasteiger partial charge in [-0.1, -0.05) is 41.7 Å². The lowest BCUT2D eigenvalue weighted by atomic mass is 10.2. The van der Waals surface area contributed by atoms with E-state index in [1.165, 1.54) is 16.2 Å². The average Bonchev–Trinajstić information content (AvgIpc) is 3.33. The molecule has 0 saturated heterocycles. The smallest absolute Gasteiger partial charge is 0.252 e. The molecule has 1 aliphatic rings. The van der Waals surface area contributed by atoms with Gasteiger partial charge in [0.25, 0.3) is 5.91 Å². The topological polar surface area (TPSA) is 56.1 Å². The maximum Gasteiger partial charge on any atom is 0.252 e. The lowest BCUT2D eigenvalue weighted by molar-refractivity contribution is -0.858. The minimum atomic E-state index is -0.0679. The number of rotatable bonds is 7. The number of hydrogen-bond acceptors (Lipinski definition) is 5. The van der Waals surface area contributed by atoms with Gasteiger partial charge in [0.05, 0.1) is 30.9 Å². The van der Waals surface area contributed by atoms with Gasteiger partial charge in [0.1, 0.15) is 0 Å². The molecule has 1 aliphatic heterocycles. The number of aromatic nitrogens is 1. The number of ether oxygens (including phenoxy) is 2. The normalized spacial score (nSPS) is 12.9. The van der Waals surface area contributed by atoms with Crippen molar-refractivity contribution < 1.29 is 19.2 Å². The summed E-state index contributed by atoms with van der Waals surface area (Å²) in [5.74, 6) is 1.36. The van der Waals surface area contributed by atoms with Crippen LogP contribution in [0.2, 0.25) is 0 Å². The van der Waals surface area contributed by atoms with E-state index < -0.39 is 0 Å². The Labute approximate surface area is 174 Å². The highest BCUT2D eigenvalue weighted by atomic mass is 32.1. The third kappa shape index (κ3) is 4.58. The van der Waals surface area contributed by atoms with Crippen LogP contribution in [0.1, 0.15) is 12.0 Å². The zero-order valence-corrected chi connectivity index (χ0v) is 17.4. The summed E-state index contributed by atoms with van der Waals surface area (Å²) in [6.07, 6.45) is 4.36. The van der Waals surface area contributed by atoms with Gasteiger partial charge in [-0.25, -0.2) is 4.98 Å². The molecular formula is C22H24N3O3S+. The molecule has 6 nitrogen and oxygen atoms in total. The molecule has 2 aromatic carbocycles. The first kappa shape index (κ1) is 19.4. The Morgan fingerprint density at radius 2 is 1.97 bits per heavy atom. The first-order valence-electron chi connectivity index (χ1n) is 9.64. The molecule has 0 aliphatic carbocycles. The zero-order valence-electron chi connectivity index (χ0n) is 16.6. The van der Waals surface area contributed by atoms with Crippen molar-refractivity contribution in [2.45, 2.75) is 6.42 Å². The number of carbonyl (C=O) groups is 1. The number of amides is 1. The molecular weight excluding hydrogens is 386 g/mol. The van der Waals surface area contributed by atoms with E-state index in [2.05, 4.69) is 14.1 Å². The molecule has 0 atom stereocenters. The van der Waals surface area contributed by atoms with Gasteiger partial charge in [0.2, 0.25) is 6.79 Å². The van der Waals surface area contributed by atoms with E-state index in [9.17, 15) is 4.79 Å². The molecule has 0 radical (unpaired) electrons. The number of fused-ring (bicyclic) bond motifs is 2. The molecule has 0 spiro atoms. The molecule has 150 valence electrons. The van der Waals surface area contributed by atoms with Crippen LogP contribution in [-0.4, -0.2) is 44.9 Å². The van der Waals surface area contributed by atoms with Gasteiger partial charge < -0.3 is 14.4 Å². The summed E-state index contributed by atoms with van der Waals surface area (Å²) in [6.45, 7) is 1.84. The largest absolute Gasteiger partial charge is 0.454 e. The maximum absolute atomic E-state index is 13.0. The predicted molar refractivity (Wildman–Crippen MR) is 116 cm³/mol. The van der Waals surface area contributed by atoms with E-state index in [4.69, 9.17) is 14.5 Å². The van der Waals surface area contributed by atoms with Crippen LogP contribution < -0.4 is 19.3 Å². The van der Waals surface area contributed by atoms with Gasteiger partial charge in [-0.05, 0) is 11.6 Å². The molecule has 0 unspecified atom stereocenters. The average molecular weight is 411 g/mol. The Morgan fingerprint density at radius 1 is 1.21 bits per heavy atom. The molecule has 0 saturated carbocycles. The van der Waals surface area contributed by atoms with Gasteiger partial charge in [-0.3, -0.25) is 9.69 Å². The zero-order chi connectivity index (χ0) is 20.2. The molecule has 29 heavy (non-hydrogen) atoms. The minimum Gasteiger partial charge on any atom is -0.454 e. The van der Waals surface area contributed by atoms with E-state index in [0.29, 0.717) is 17.4 Å². The summed E-state index contributed by atoms with van der Waals surface area (Å²) in [5, 5.41) is 0.695. The van der Waals surface area contributed by atoms with Gasteiger partial charge in [0, 0.05) is 31.2 Å². The summed E-state index contributed by atoms with van der Waals surface area (Å²) < 4.78 is 11.9. The maximum atomic E-state index is 13.0. The van der Waals surface area contributed by atoms with E-state index >= 15 is 0 Å². The van der Waals surface area contributed by atoms with Crippen LogP contribution in [-0.2, 0) is 4.79 Å². The Kier molecular flexibility index (Phi) is 5.78. The first-order valence-corrected chi connectivity index (χ1v) is 10.5. The molecule has 0 fully saturated rings. The van der Waals surface area contributed by atoms with Gasteiger partial charge in [-0.15, -0.1) is 0 Å². The second-order valence-electron chi connectivity index (χ2n) is 7.21. The molecule has 2 heterocycles. The van der Waals surface area contributed by atoms with E-state index in [0.717, 1.165) is 34.5 Å². The summed E-state index contributed by atoms with van der Waals surface area (Å²) in [4.78, 5) is 20.8. The third-order valence-electron chi connectivity index (χ3n) is 4.64. The SMILES string of the molecule is C[NH+](C)CCCN(C(=O)/C=C/c1ccccc1)c1nc2cc3c(cc2s1)OCO3. The molecule has 0 bridgehead atoms. The summed E-state index contributed by atoms with van der Waals surface area (Å²) in [5.41, 5.74) is 1.81. The fourth-order valence-electron chi connectivity index (χ4n) is 3.13. The van der Waals surface area contributed by atoms with Crippen molar-refractivity contribution in [1.82, 2.24) is 4.98 Å². The van der Waals surface area contributed by atoms with Crippen molar-refractivity contribution in [3.8, 4) is 11.5 Å². The van der Waals surface area contributed by atoms with E-state index in [-0.39, 0.29) is 12.7 Å². The van der Waals surface area contributed by atoms with Crippen LogP contribution in [0.15, 0.2) is 48.5 Å². The number of thiazole rings is 1. The second kappa shape index (κ2) is 8.63. The highest BCUT2D eigenvalue weighted by Crippen LogP contribution is 2.39. The fourth-order valence-corrected chi connectivity index (χ4v) is 4.14. The number of nitrogens with one attached hydrogen (secondary N) is 1. The Bertz CT molecular complexity index is 989. The van der Waals surface area contributed by atoms with Crippen LogP contribution >= 0.6 is 11.3 Å². The number of benzene rings is 2. The number of nitrogens with zero attached hydrogens (tertiary/aromatic N) is 2. The van der Waals surface area contributed by atoms with Crippen molar-refractivity contribution in [3.05, 3.63) is 54.1 Å². The van der Waals surface area contributed by atoms with Crippen molar-refractivity contribution in [3.63, 3.8) is 0 Å². The van der Waals surface area contributed by atoms with E-state index in [1.54, 1.807) is 11.0 Å². The lowest BCUT2D eigenvalue weighted by Crippen LogP contribution is -3.05. The van der Waals surface area contributed by atoms with Crippen LogP contribution in [0.4, 0.5) is 5.13 Å². The van der Waals surface area contributed by atoms with Crippen molar-refractivity contribution in [2.75, 3.05) is 38.9 Å². The molecule has 1 N–H and O–H groups in total. The third-order valence-corrected chi connectivity index (χ3v) is 5.69. The van der Waals surface area contributed by atoms with Crippen LogP contribution in [0.5, 0.6) is 11.5 Å². The number of carbonyl (C=O) groups excluding carboxylic acids is 1. The van der Waals surface area contributed by atoms with Crippen LogP contribution in [0.25, 0.3) is 16.3 Å². The Hall–Kier alpha value is -2.90. The molecule has 7 heteroatoms. The van der Waals surface area contributed by atoms with Crippen LogP contribution in [0.3, 0.4) is 0 Å². The number of hydrogen-bond donors (Lipinski definition) is 1. The second-order valence-corrected chi connectivity index (χ2v) is 8.22. The number of quaternary nitrogens is 1. The van der Waals surface area contributed by atoms with Gasteiger partial charge in [0.15, 0.2) is 16.6 Å². The minimum absolute atomic E-state index is 0.0679. The molecule has 1 aromatic heterocycles. The predicted octanol–water partition coefficient (Wildman–Crippen LogP) is 2.61. The lowest BCUT2D eigenvalue weighted by Gasteiger charge is -2.18. The summed E-state index contributed by atoms with van der Waals surface area (Å²) in [6, 6.07) is 13.6. The van der Waals surface area contributed by atoms with Crippen molar-refractivity contribution in [2.24, 2.45) is 0 Å². The Balaban J connectivity index is 1.60. The Morgan fingerprint density at radius 3 is 2.72 bits per heavy atom. The number of anilines is 1. The van der Waals surface area contributed by atoms with E-state index in [1.807, 2.05) is 48.5 Å².